The molecule has 12 heavy (non-hydrogen) atoms. The predicted molar refractivity (Wildman–Crippen MR) is 49.8 cm³/mol. The average Bonchev–Trinajstić information content (AvgIpc) is 2.31. The van der Waals surface area contributed by atoms with E-state index in [-0.39, 0.29) is 0 Å². The van der Waals surface area contributed by atoms with E-state index >= 15 is 0 Å². The van der Waals surface area contributed by atoms with Crippen LogP contribution in [0.25, 0.3) is 0 Å². The summed E-state index contributed by atoms with van der Waals surface area (Å²) in [6.07, 6.45) is 0.887. The molecular formula is C10H14N2. The summed E-state index contributed by atoms with van der Waals surface area (Å²) in [4.78, 5) is 0. The Morgan fingerprint density at radius 2 is 2.25 bits per heavy atom. The highest BCUT2D eigenvalue weighted by atomic mass is 15.3. The van der Waals surface area contributed by atoms with Crippen molar-refractivity contribution >= 4 is 0 Å². The van der Waals surface area contributed by atoms with Gasteiger partial charge in [-0.2, -0.15) is 5.10 Å². The summed E-state index contributed by atoms with van der Waals surface area (Å²) in [7, 11) is 0. The molecule has 1 aromatic rings. The predicted octanol–water partition coefficient (Wildman–Crippen LogP) is 1.91. The molecule has 0 N–H and O–H groups in total. The monoisotopic (exact) mass is 162 g/mol. The van der Waals surface area contributed by atoms with E-state index in [1.807, 2.05) is 18.5 Å². The maximum Gasteiger partial charge on any atom is 0.0596 e. The van der Waals surface area contributed by atoms with Crippen LogP contribution in [0.5, 0.6) is 0 Å². The molecule has 0 fully saturated rings. The molecule has 0 radical (unpaired) electrons. The second kappa shape index (κ2) is 3.96. The minimum atomic E-state index is 0.887. The Morgan fingerprint density at radius 1 is 1.50 bits per heavy atom. The van der Waals surface area contributed by atoms with Crippen molar-refractivity contribution in [2.75, 3.05) is 0 Å². The lowest BCUT2D eigenvalue weighted by atomic mass is 10.4. The van der Waals surface area contributed by atoms with Crippen molar-refractivity contribution in [3.63, 3.8) is 0 Å². The van der Waals surface area contributed by atoms with Crippen LogP contribution in [0.3, 0.4) is 0 Å². The van der Waals surface area contributed by atoms with E-state index in [9.17, 15) is 0 Å². The molecule has 2 heteroatoms. The van der Waals surface area contributed by atoms with E-state index in [1.54, 1.807) is 0 Å². The Balaban J connectivity index is 2.60. The molecule has 0 atom stereocenters. The van der Waals surface area contributed by atoms with Gasteiger partial charge in [-0.05, 0) is 26.8 Å². The van der Waals surface area contributed by atoms with E-state index in [1.165, 1.54) is 5.69 Å². The average molecular weight is 162 g/mol. The fourth-order valence-corrected chi connectivity index (χ4v) is 1.19. The van der Waals surface area contributed by atoms with Gasteiger partial charge in [0.1, 0.15) is 0 Å². The van der Waals surface area contributed by atoms with Gasteiger partial charge in [0.15, 0.2) is 0 Å². The van der Waals surface area contributed by atoms with Gasteiger partial charge in [0, 0.05) is 12.1 Å². The number of hydrogen-bond acceptors (Lipinski definition) is 1. The Morgan fingerprint density at radius 3 is 2.75 bits per heavy atom. The van der Waals surface area contributed by atoms with Crippen molar-refractivity contribution in [2.24, 2.45) is 0 Å². The minimum Gasteiger partial charge on any atom is -0.269 e. The zero-order valence-corrected chi connectivity index (χ0v) is 7.89. The lowest BCUT2D eigenvalue weighted by Gasteiger charge is -1.98. The molecule has 0 spiro atoms. The molecule has 64 valence electrons. The van der Waals surface area contributed by atoms with Crippen LogP contribution in [0, 0.1) is 25.7 Å². The first-order chi connectivity index (χ1) is 5.74. The van der Waals surface area contributed by atoms with Gasteiger partial charge in [0.25, 0.3) is 0 Å². The fraction of sp³-hybridized carbons (Fsp3) is 0.500. The highest BCUT2D eigenvalue weighted by Crippen LogP contribution is 2.01. The summed E-state index contributed by atoms with van der Waals surface area (Å²) in [5, 5.41) is 4.33. The third-order valence-electron chi connectivity index (χ3n) is 1.73. The summed E-state index contributed by atoms with van der Waals surface area (Å²) in [6, 6.07) is 2.08. The van der Waals surface area contributed by atoms with Gasteiger partial charge in [-0.25, -0.2) is 0 Å². The van der Waals surface area contributed by atoms with Crippen molar-refractivity contribution < 1.29 is 0 Å². The third-order valence-corrected chi connectivity index (χ3v) is 1.73. The van der Waals surface area contributed by atoms with Gasteiger partial charge in [-0.1, -0.05) is 0 Å². The van der Waals surface area contributed by atoms with Crippen LogP contribution in [-0.4, -0.2) is 9.78 Å². The maximum atomic E-state index is 4.33. The molecule has 0 bridgehead atoms. The molecule has 0 aliphatic heterocycles. The Bertz CT molecular complexity index is 312. The number of aromatic nitrogens is 2. The van der Waals surface area contributed by atoms with Gasteiger partial charge in [-0.15, -0.1) is 11.8 Å². The van der Waals surface area contributed by atoms with Crippen molar-refractivity contribution in [1.29, 1.82) is 0 Å². The molecule has 0 saturated heterocycles. The molecule has 0 unspecified atom stereocenters. The zero-order valence-electron chi connectivity index (χ0n) is 7.89. The third kappa shape index (κ3) is 2.13. The topological polar surface area (TPSA) is 17.8 Å². The summed E-state index contributed by atoms with van der Waals surface area (Å²) in [5.74, 6) is 5.90. The summed E-state index contributed by atoms with van der Waals surface area (Å²) >= 11 is 0. The second-order valence-corrected chi connectivity index (χ2v) is 2.83. The summed E-state index contributed by atoms with van der Waals surface area (Å²) in [5.41, 5.74) is 2.29. The molecule has 0 aliphatic rings. The van der Waals surface area contributed by atoms with Gasteiger partial charge in [0.2, 0.25) is 0 Å². The first kappa shape index (κ1) is 8.86. The highest BCUT2D eigenvalue weighted by Gasteiger charge is 1.97. The van der Waals surface area contributed by atoms with Crippen LogP contribution in [0.4, 0.5) is 0 Å². The molecule has 1 aromatic heterocycles. The van der Waals surface area contributed by atoms with E-state index in [0.717, 1.165) is 18.7 Å². The Hall–Kier alpha value is -1.23. The largest absolute Gasteiger partial charge is 0.269 e. The maximum absolute atomic E-state index is 4.33. The number of rotatable bonds is 2. The normalized spacial score (nSPS) is 9.25. The lowest BCUT2D eigenvalue weighted by molar-refractivity contribution is 0.607. The minimum absolute atomic E-state index is 0.887. The zero-order chi connectivity index (χ0) is 8.97. The van der Waals surface area contributed by atoms with Crippen LogP contribution in [0.1, 0.15) is 24.7 Å². The van der Waals surface area contributed by atoms with Crippen LogP contribution >= 0.6 is 0 Å². The Kier molecular flexibility index (Phi) is 2.93. The van der Waals surface area contributed by atoms with E-state index in [0.29, 0.717) is 0 Å². The van der Waals surface area contributed by atoms with Gasteiger partial charge < -0.3 is 0 Å². The number of hydrogen-bond donors (Lipinski definition) is 0. The SMILES string of the molecule is CC#CCCn1nc(C)cc1C. The summed E-state index contributed by atoms with van der Waals surface area (Å²) in [6.45, 7) is 6.84. The molecule has 0 saturated carbocycles. The molecule has 0 amide bonds. The molecule has 1 heterocycles. The second-order valence-electron chi connectivity index (χ2n) is 2.83. The molecule has 0 aliphatic carbocycles. The highest BCUT2D eigenvalue weighted by molar-refractivity contribution is 5.07. The first-order valence-corrected chi connectivity index (χ1v) is 4.14. The van der Waals surface area contributed by atoms with E-state index < -0.39 is 0 Å². The molecule has 1 rings (SSSR count). The van der Waals surface area contributed by atoms with Gasteiger partial charge in [0.05, 0.1) is 12.2 Å². The van der Waals surface area contributed by atoms with E-state index in [2.05, 4.69) is 29.9 Å². The Labute approximate surface area is 73.6 Å². The van der Waals surface area contributed by atoms with Crippen LogP contribution in [-0.2, 0) is 6.54 Å². The smallest absolute Gasteiger partial charge is 0.0596 e. The quantitative estimate of drug-likeness (QED) is 0.607. The summed E-state index contributed by atoms with van der Waals surface area (Å²) < 4.78 is 2.00. The van der Waals surface area contributed by atoms with Crippen molar-refractivity contribution in [3.05, 3.63) is 17.5 Å². The lowest BCUT2D eigenvalue weighted by Crippen LogP contribution is -2.01. The van der Waals surface area contributed by atoms with Crippen molar-refractivity contribution in [3.8, 4) is 11.8 Å². The molecule has 2 nitrogen and oxygen atoms in total. The van der Waals surface area contributed by atoms with Gasteiger partial charge >= 0.3 is 0 Å². The van der Waals surface area contributed by atoms with Crippen LogP contribution < -0.4 is 0 Å². The number of nitrogens with zero attached hydrogens (tertiary/aromatic N) is 2. The molecule has 0 aromatic carbocycles. The first-order valence-electron chi connectivity index (χ1n) is 4.14. The molecular weight excluding hydrogens is 148 g/mol. The van der Waals surface area contributed by atoms with Gasteiger partial charge in [-0.3, -0.25) is 4.68 Å². The van der Waals surface area contributed by atoms with E-state index in [4.69, 9.17) is 0 Å². The number of aryl methyl sites for hydroxylation is 3. The standard InChI is InChI=1S/C10H14N2/c1-4-5-6-7-12-10(3)8-9(2)11-12/h8H,6-7H2,1-3H3. The van der Waals surface area contributed by atoms with Crippen molar-refractivity contribution in [1.82, 2.24) is 9.78 Å². The van der Waals surface area contributed by atoms with Crippen LogP contribution in [0.15, 0.2) is 6.07 Å². The fourth-order valence-electron chi connectivity index (χ4n) is 1.19. The van der Waals surface area contributed by atoms with Crippen LogP contribution in [0.2, 0.25) is 0 Å². The van der Waals surface area contributed by atoms with Crippen molar-refractivity contribution in [2.45, 2.75) is 33.7 Å².